The number of carbonyl (C=O) groups is 2. The molecule has 2 saturated heterocycles. The van der Waals surface area contributed by atoms with Crippen LogP contribution in [0.4, 0.5) is 0 Å². The minimum absolute atomic E-state index is 0.117. The van der Waals surface area contributed by atoms with Crippen LogP contribution >= 0.6 is 0 Å². The molecule has 7 nitrogen and oxygen atoms in total. The molecule has 0 radical (unpaired) electrons. The van der Waals surface area contributed by atoms with Gasteiger partial charge in [0.15, 0.2) is 0 Å². The molecule has 2 fully saturated rings. The number of carbonyl (C=O) groups excluding carboxylic acids is 1. The van der Waals surface area contributed by atoms with E-state index in [0.717, 1.165) is 19.1 Å². The molecule has 0 aromatic carbocycles. The Bertz CT molecular complexity index is 533. The Hall–Kier alpha value is -1.15. The summed E-state index contributed by atoms with van der Waals surface area (Å²) in [6.45, 7) is 2.53. The zero-order valence-corrected chi connectivity index (χ0v) is 13.2. The molecule has 120 valence electrons. The molecule has 0 aromatic rings. The number of aliphatic carboxylic acids is 1. The summed E-state index contributed by atoms with van der Waals surface area (Å²) in [5, 5.41) is 9.37. The van der Waals surface area contributed by atoms with E-state index in [9.17, 15) is 23.1 Å². The molecular weight excluding hydrogens is 296 g/mol. The lowest BCUT2D eigenvalue weighted by molar-refractivity contribution is -0.156. The van der Waals surface area contributed by atoms with Gasteiger partial charge in [0.2, 0.25) is 15.9 Å². The molecular formula is C13H22N2O5S. The molecule has 0 aliphatic carbocycles. The van der Waals surface area contributed by atoms with Gasteiger partial charge in [0.05, 0.1) is 6.26 Å². The van der Waals surface area contributed by atoms with Gasteiger partial charge in [-0.15, -0.1) is 0 Å². The third kappa shape index (κ3) is 3.21. The van der Waals surface area contributed by atoms with Gasteiger partial charge in [-0.3, -0.25) is 4.79 Å². The number of amides is 1. The Morgan fingerprint density at radius 2 is 1.76 bits per heavy atom. The first-order valence-electron chi connectivity index (χ1n) is 7.23. The van der Waals surface area contributed by atoms with Gasteiger partial charge < -0.3 is 10.0 Å². The van der Waals surface area contributed by atoms with E-state index in [-0.39, 0.29) is 11.8 Å². The SMILES string of the molecule is CC1CCCN(C(=O)C2CCCN2S(C)(=O)=O)C1C(=O)O. The first-order chi connectivity index (χ1) is 9.73. The lowest BCUT2D eigenvalue weighted by Crippen LogP contribution is -2.57. The van der Waals surface area contributed by atoms with Crippen LogP contribution in [-0.2, 0) is 19.6 Å². The summed E-state index contributed by atoms with van der Waals surface area (Å²) in [7, 11) is -3.45. The zero-order valence-electron chi connectivity index (χ0n) is 12.4. The number of hydrogen-bond acceptors (Lipinski definition) is 4. The monoisotopic (exact) mass is 318 g/mol. The van der Waals surface area contributed by atoms with E-state index in [1.54, 1.807) is 0 Å². The van der Waals surface area contributed by atoms with E-state index in [2.05, 4.69) is 0 Å². The van der Waals surface area contributed by atoms with Crippen LogP contribution in [0, 0.1) is 5.92 Å². The molecule has 3 atom stereocenters. The number of sulfonamides is 1. The number of nitrogens with zero attached hydrogens (tertiary/aromatic N) is 2. The molecule has 0 bridgehead atoms. The van der Waals surface area contributed by atoms with Crippen LogP contribution < -0.4 is 0 Å². The van der Waals surface area contributed by atoms with Crippen LogP contribution in [0.2, 0.25) is 0 Å². The van der Waals surface area contributed by atoms with Crippen LogP contribution in [-0.4, -0.2) is 66.0 Å². The van der Waals surface area contributed by atoms with Crippen molar-refractivity contribution in [3.05, 3.63) is 0 Å². The van der Waals surface area contributed by atoms with Crippen molar-refractivity contribution in [1.29, 1.82) is 0 Å². The topological polar surface area (TPSA) is 95.0 Å². The highest BCUT2D eigenvalue weighted by atomic mass is 32.2. The zero-order chi connectivity index (χ0) is 15.8. The predicted molar refractivity (Wildman–Crippen MR) is 76.1 cm³/mol. The average Bonchev–Trinajstić information content (AvgIpc) is 2.86. The standard InChI is InChI=1S/C13H22N2O5S/c1-9-5-3-7-14(11(9)13(17)18)12(16)10-6-4-8-15(10)21(2,19)20/h9-11H,3-8H2,1-2H3,(H,17,18). The number of hydrogen-bond donors (Lipinski definition) is 1. The van der Waals surface area contributed by atoms with Gasteiger partial charge in [0, 0.05) is 13.1 Å². The summed E-state index contributed by atoms with van der Waals surface area (Å²) in [6.07, 6.45) is 3.70. The van der Waals surface area contributed by atoms with E-state index >= 15 is 0 Å². The Morgan fingerprint density at radius 1 is 1.14 bits per heavy atom. The molecule has 2 aliphatic heterocycles. The molecule has 2 aliphatic rings. The lowest BCUT2D eigenvalue weighted by Gasteiger charge is -2.39. The third-order valence-corrected chi connectivity index (χ3v) is 5.67. The normalized spacial score (nSPS) is 31.3. The van der Waals surface area contributed by atoms with Crippen LogP contribution in [0.1, 0.15) is 32.6 Å². The van der Waals surface area contributed by atoms with E-state index in [1.807, 2.05) is 6.92 Å². The smallest absolute Gasteiger partial charge is 0.326 e. The molecule has 2 rings (SSSR count). The van der Waals surface area contributed by atoms with Gasteiger partial charge in [-0.1, -0.05) is 6.92 Å². The summed E-state index contributed by atoms with van der Waals surface area (Å²) in [4.78, 5) is 25.5. The molecule has 0 aromatic heterocycles. The number of likely N-dealkylation sites (tertiary alicyclic amines) is 1. The number of rotatable bonds is 3. The first-order valence-corrected chi connectivity index (χ1v) is 9.08. The van der Waals surface area contributed by atoms with Crippen molar-refractivity contribution in [1.82, 2.24) is 9.21 Å². The predicted octanol–water partition coefficient (Wildman–Crippen LogP) is 0.122. The number of carboxylic acids is 1. The minimum Gasteiger partial charge on any atom is -0.480 e. The first kappa shape index (κ1) is 16.2. The Kier molecular flexibility index (Phi) is 4.57. The molecule has 0 saturated carbocycles. The van der Waals surface area contributed by atoms with Gasteiger partial charge in [-0.2, -0.15) is 4.31 Å². The van der Waals surface area contributed by atoms with Crippen molar-refractivity contribution in [2.75, 3.05) is 19.3 Å². The molecule has 8 heteroatoms. The fourth-order valence-electron chi connectivity index (χ4n) is 3.39. The van der Waals surface area contributed by atoms with Crippen molar-refractivity contribution in [2.45, 2.75) is 44.7 Å². The highest BCUT2D eigenvalue weighted by Gasteiger charge is 2.44. The highest BCUT2D eigenvalue weighted by molar-refractivity contribution is 7.88. The molecule has 1 amide bonds. The van der Waals surface area contributed by atoms with Crippen LogP contribution in [0.15, 0.2) is 0 Å². The van der Waals surface area contributed by atoms with Crippen LogP contribution in [0.3, 0.4) is 0 Å². The summed E-state index contributed by atoms with van der Waals surface area (Å²) < 4.78 is 24.7. The van der Waals surface area contributed by atoms with Gasteiger partial charge in [-0.05, 0) is 31.6 Å². The largest absolute Gasteiger partial charge is 0.480 e. The molecule has 1 N–H and O–H groups in total. The van der Waals surface area contributed by atoms with E-state index in [1.165, 1.54) is 9.21 Å². The Morgan fingerprint density at radius 3 is 2.33 bits per heavy atom. The minimum atomic E-state index is -3.45. The molecule has 2 heterocycles. The van der Waals surface area contributed by atoms with Crippen molar-refractivity contribution < 1.29 is 23.1 Å². The summed E-state index contributed by atoms with van der Waals surface area (Å²) in [5.41, 5.74) is 0. The van der Waals surface area contributed by atoms with Crippen molar-refractivity contribution in [2.24, 2.45) is 5.92 Å². The maximum atomic E-state index is 12.7. The number of piperidine rings is 1. The average molecular weight is 318 g/mol. The summed E-state index contributed by atoms with van der Waals surface area (Å²) >= 11 is 0. The maximum Gasteiger partial charge on any atom is 0.326 e. The second kappa shape index (κ2) is 5.92. The molecule has 21 heavy (non-hydrogen) atoms. The van der Waals surface area contributed by atoms with Crippen molar-refractivity contribution in [3.63, 3.8) is 0 Å². The van der Waals surface area contributed by atoms with E-state index in [0.29, 0.717) is 25.9 Å². The number of carboxylic acid groups (broad SMARTS) is 1. The van der Waals surface area contributed by atoms with Crippen molar-refractivity contribution >= 4 is 21.9 Å². The highest BCUT2D eigenvalue weighted by Crippen LogP contribution is 2.28. The second-order valence-electron chi connectivity index (χ2n) is 5.97. The van der Waals surface area contributed by atoms with Gasteiger partial charge in [0.25, 0.3) is 0 Å². The Labute approximate surface area is 125 Å². The Balaban J connectivity index is 2.23. The van der Waals surface area contributed by atoms with Crippen molar-refractivity contribution in [3.8, 4) is 0 Å². The van der Waals surface area contributed by atoms with E-state index < -0.39 is 28.1 Å². The second-order valence-corrected chi connectivity index (χ2v) is 7.90. The molecule has 0 spiro atoms. The van der Waals surface area contributed by atoms with E-state index in [4.69, 9.17) is 0 Å². The summed E-state index contributed by atoms with van der Waals surface area (Å²) in [6, 6.07) is -1.60. The fourth-order valence-corrected chi connectivity index (χ4v) is 4.51. The van der Waals surface area contributed by atoms with Gasteiger partial charge >= 0.3 is 5.97 Å². The maximum absolute atomic E-state index is 12.7. The quantitative estimate of drug-likeness (QED) is 0.797. The van der Waals surface area contributed by atoms with Gasteiger partial charge in [0.1, 0.15) is 12.1 Å². The van der Waals surface area contributed by atoms with Crippen LogP contribution in [0.25, 0.3) is 0 Å². The van der Waals surface area contributed by atoms with Crippen LogP contribution in [0.5, 0.6) is 0 Å². The summed E-state index contributed by atoms with van der Waals surface area (Å²) in [5.74, 6) is -1.50. The van der Waals surface area contributed by atoms with Gasteiger partial charge in [-0.25, -0.2) is 13.2 Å². The molecule has 3 unspecified atom stereocenters. The lowest BCUT2D eigenvalue weighted by atomic mass is 9.90. The fraction of sp³-hybridized carbons (Fsp3) is 0.846. The third-order valence-electron chi connectivity index (χ3n) is 4.38.